The average Bonchev–Trinajstić information content (AvgIpc) is 3.29. The summed E-state index contributed by atoms with van der Waals surface area (Å²) >= 11 is 0. The van der Waals surface area contributed by atoms with Crippen LogP contribution in [-0.4, -0.2) is 63.2 Å². The van der Waals surface area contributed by atoms with Crippen molar-refractivity contribution >= 4 is 23.5 Å². The van der Waals surface area contributed by atoms with Gasteiger partial charge >= 0.3 is 6.03 Å². The fraction of sp³-hybridized carbons (Fsp3) is 0.450. The van der Waals surface area contributed by atoms with Gasteiger partial charge in [0.25, 0.3) is 0 Å². The number of carbonyl (C=O) groups is 2. The number of anilines is 1. The van der Waals surface area contributed by atoms with Crippen molar-refractivity contribution in [1.29, 1.82) is 0 Å². The van der Waals surface area contributed by atoms with E-state index in [2.05, 4.69) is 63.9 Å². The Hall–Kier alpha value is -3.23. The van der Waals surface area contributed by atoms with Gasteiger partial charge in [0.1, 0.15) is 0 Å². The summed E-state index contributed by atoms with van der Waals surface area (Å²) in [6, 6.07) is 6.32. The first-order chi connectivity index (χ1) is 14.0. The van der Waals surface area contributed by atoms with Crippen LogP contribution in [0.2, 0.25) is 0 Å². The van der Waals surface area contributed by atoms with Gasteiger partial charge < -0.3 is 10.2 Å². The van der Waals surface area contributed by atoms with E-state index in [1.165, 1.54) is 27.2 Å². The third-order valence-electron chi connectivity index (χ3n) is 5.29. The van der Waals surface area contributed by atoms with Crippen molar-refractivity contribution in [2.45, 2.75) is 33.2 Å². The van der Waals surface area contributed by atoms with E-state index in [0.29, 0.717) is 19.5 Å². The summed E-state index contributed by atoms with van der Waals surface area (Å²) in [7, 11) is 0. The first-order valence-corrected chi connectivity index (χ1v) is 9.88. The molecule has 0 aliphatic carbocycles. The second-order valence-electron chi connectivity index (χ2n) is 7.56. The Labute approximate surface area is 169 Å². The summed E-state index contributed by atoms with van der Waals surface area (Å²) in [5, 5.41) is 14.6. The summed E-state index contributed by atoms with van der Waals surface area (Å²) in [6.07, 6.45) is 3.77. The summed E-state index contributed by atoms with van der Waals surface area (Å²) < 4.78 is 1.74. The van der Waals surface area contributed by atoms with E-state index in [4.69, 9.17) is 0 Å². The van der Waals surface area contributed by atoms with Crippen LogP contribution in [0.25, 0.3) is 5.57 Å². The van der Waals surface area contributed by atoms with Gasteiger partial charge in [0, 0.05) is 26.2 Å². The van der Waals surface area contributed by atoms with Crippen molar-refractivity contribution in [3.8, 4) is 0 Å². The molecule has 0 bridgehead atoms. The third kappa shape index (κ3) is 4.13. The van der Waals surface area contributed by atoms with Crippen LogP contribution >= 0.6 is 0 Å². The third-order valence-corrected chi connectivity index (χ3v) is 5.29. The zero-order valence-electron chi connectivity index (χ0n) is 16.8. The lowest BCUT2D eigenvalue weighted by Gasteiger charge is -2.27. The van der Waals surface area contributed by atoms with Crippen molar-refractivity contribution in [3.63, 3.8) is 0 Å². The molecule has 2 aliphatic heterocycles. The Bertz CT molecular complexity index is 929. The van der Waals surface area contributed by atoms with Crippen molar-refractivity contribution in [2.75, 3.05) is 31.1 Å². The summed E-state index contributed by atoms with van der Waals surface area (Å²) in [6.45, 7) is 6.82. The number of carbonyl (C=O) groups excluding carboxylic acids is 2. The van der Waals surface area contributed by atoms with Crippen molar-refractivity contribution < 1.29 is 9.59 Å². The normalized spacial score (nSPS) is 17.0. The highest BCUT2D eigenvalue weighted by molar-refractivity contribution is 6.01. The highest BCUT2D eigenvalue weighted by Gasteiger charge is 2.28. The highest BCUT2D eigenvalue weighted by atomic mass is 16.2. The minimum absolute atomic E-state index is 0.0812. The zero-order valence-corrected chi connectivity index (χ0v) is 16.8. The van der Waals surface area contributed by atoms with Gasteiger partial charge in [0.05, 0.1) is 6.54 Å². The van der Waals surface area contributed by atoms with Gasteiger partial charge in [-0.25, -0.2) is 9.48 Å². The number of aromatic nitrogens is 4. The SMILES string of the molecule is Cc1cc(C)cc(C2=CCN(c3nnnn3CCCN3C(=O)CNC3=O)CC2)c1. The minimum atomic E-state index is -0.327. The Balaban J connectivity index is 1.38. The largest absolute Gasteiger partial charge is 0.336 e. The Kier molecular flexibility index (Phi) is 5.28. The van der Waals surface area contributed by atoms with Crippen molar-refractivity contribution in [2.24, 2.45) is 0 Å². The van der Waals surface area contributed by atoms with E-state index in [1.54, 1.807) is 4.68 Å². The van der Waals surface area contributed by atoms with E-state index in [-0.39, 0.29) is 18.5 Å². The van der Waals surface area contributed by atoms with Crippen LogP contribution in [0.3, 0.4) is 0 Å². The van der Waals surface area contributed by atoms with Gasteiger partial charge in [-0.05, 0) is 48.3 Å². The van der Waals surface area contributed by atoms with Gasteiger partial charge in [0.15, 0.2) is 0 Å². The number of rotatable bonds is 6. The summed E-state index contributed by atoms with van der Waals surface area (Å²) in [5.41, 5.74) is 5.19. The van der Waals surface area contributed by atoms with Crippen LogP contribution in [0, 0.1) is 13.8 Å². The number of amides is 3. The second-order valence-corrected chi connectivity index (χ2v) is 7.56. The van der Waals surface area contributed by atoms with Crippen molar-refractivity contribution in [3.05, 3.63) is 41.0 Å². The predicted molar refractivity (Wildman–Crippen MR) is 108 cm³/mol. The van der Waals surface area contributed by atoms with E-state index in [9.17, 15) is 9.59 Å². The van der Waals surface area contributed by atoms with Gasteiger partial charge in [-0.15, -0.1) is 0 Å². The standard InChI is InChI=1S/C20H25N7O2/c1-14-10-15(2)12-17(11-14)16-4-8-25(9-5-16)19-22-23-24-27(19)7-3-6-26-18(28)13-21-20(26)29/h4,10-12H,3,5-9,13H2,1-2H3,(H,21,29). The van der Waals surface area contributed by atoms with Crippen LogP contribution < -0.4 is 10.2 Å². The molecule has 4 rings (SSSR count). The van der Waals surface area contributed by atoms with Crippen LogP contribution in [0.1, 0.15) is 29.5 Å². The topological polar surface area (TPSA) is 96.2 Å². The van der Waals surface area contributed by atoms with Crippen molar-refractivity contribution in [1.82, 2.24) is 30.4 Å². The lowest BCUT2D eigenvalue weighted by Crippen LogP contribution is -2.33. The van der Waals surface area contributed by atoms with E-state index < -0.39 is 0 Å². The Morgan fingerprint density at radius 3 is 2.55 bits per heavy atom. The minimum Gasteiger partial charge on any atom is -0.336 e. The molecule has 3 amide bonds. The predicted octanol–water partition coefficient (Wildman–Crippen LogP) is 1.53. The average molecular weight is 395 g/mol. The van der Waals surface area contributed by atoms with Gasteiger partial charge in [0.2, 0.25) is 11.9 Å². The molecule has 1 fully saturated rings. The van der Waals surface area contributed by atoms with Gasteiger partial charge in [-0.2, -0.15) is 0 Å². The molecule has 3 heterocycles. The molecular formula is C20H25N7O2. The molecule has 1 aromatic heterocycles. The Morgan fingerprint density at radius 1 is 1.10 bits per heavy atom. The number of nitrogens with one attached hydrogen (secondary N) is 1. The molecular weight excluding hydrogens is 370 g/mol. The van der Waals surface area contributed by atoms with E-state index >= 15 is 0 Å². The molecule has 29 heavy (non-hydrogen) atoms. The number of tetrazole rings is 1. The molecule has 0 atom stereocenters. The fourth-order valence-corrected chi connectivity index (χ4v) is 3.90. The number of aryl methyl sites for hydroxylation is 3. The molecule has 0 unspecified atom stereocenters. The summed E-state index contributed by atoms with van der Waals surface area (Å²) in [5.74, 6) is 0.532. The van der Waals surface area contributed by atoms with Crippen LogP contribution in [0.15, 0.2) is 24.3 Å². The van der Waals surface area contributed by atoms with E-state index in [0.717, 1.165) is 25.5 Å². The molecule has 0 spiro atoms. The number of hydrogen-bond acceptors (Lipinski definition) is 6. The molecule has 2 aliphatic rings. The lowest BCUT2D eigenvalue weighted by atomic mass is 9.96. The maximum absolute atomic E-state index is 11.7. The molecule has 0 saturated carbocycles. The molecule has 1 saturated heterocycles. The van der Waals surface area contributed by atoms with Gasteiger partial charge in [-0.1, -0.05) is 40.5 Å². The molecule has 1 aromatic carbocycles. The molecule has 152 valence electrons. The van der Waals surface area contributed by atoms with E-state index in [1.807, 2.05) is 0 Å². The zero-order chi connectivity index (χ0) is 20.4. The quantitative estimate of drug-likeness (QED) is 0.745. The lowest BCUT2D eigenvalue weighted by molar-refractivity contribution is -0.125. The number of hydrogen-bond donors (Lipinski definition) is 1. The number of imide groups is 1. The maximum atomic E-state index is 11.7. The molecule has 0 radical (unpaired) electrons. The Morgan fingerprint density at radius 2 is 1.90 bits per heavy atom. The molecule has 9 nitrogen and oxygen atoms in total. The number of benzene rings is 1. The van der Waals surface area contributed by atoms with Crippen LogP contribution in [0.5, 0.6) is 0 Å². The molecule has 9 heteroatoms. The molecule has 2 aromatic rings. The number of nitrogens with zero attached hydrogens (tertiary/aromatic N) is 6. The van der Waals surface area contributed by atoms with Gasteiger partial charge in [-0.3, -0.25) is 9.69 Å². The highest BCUT2D eigenvalue weighted by Crippen LogP contribution is 2.26. The number of urea groups is 1. The summed E-state index contributed by atoms with van der Waals surface area (Å²) in [4.78, 5) is 26.7. The van der Waals surface area contributed by atoms with Crippen LogP contribution in [0.4, 0.5) is 10.7 Å². The van der Waals surface area contributed by atoms with Crippen LogP contribution in [-0.2, 0) is 11.3 Å². The first kappa shape index (κ1) is 19.1. The second kappa shape index (κ2) is 8.02. The fourth-order valence-electron chi connectivity index (χ4n) is 3.90. The molecule has 1 N–H and O–H groups in total. The maximum Gasteiger partial charge on any atom is 0.324 e. The monoisotopic (exact) mass is 395 g/mol. The smallest absolute Gasteiger partial charge is 0.324 e. The first-order valence-electron chi connectivity index (χ1n) is 9.88.